The fraction of sp³-hybridized carbons (Fsp3) is 0.125. The average Bonchev–Trinajstić information content (AvgIpc) is 2.03. The van der Waals surface area contributed by atoms with Crippen molar-refractivity contribution in [3.05, 3.63) is 30.4 Å². The standard InChI is InChI=1S/C8H8N2O/c1-7(11)3-4-8-9-5-2-6-10-8/h2-6H,1H3. The molecule has 0 aromatic carbocycles. The van der Waals surface area contributed by atoms with Crippen molar-refractivity contribution in [2.75, 3.05) is 0 Å². The topological polar surface area (TPSA) is 42.9 Å². The first-order valence-corrected chi connectivity index (χ1v) is 3.25. The number of ketones is 1. The number of rotatable bonds is 2. The molecule has 1 rings (SSSR count). The van der Waals surface area contributed by atoms with Crippen molar-refractivity contribution in [1.82, 2.24) is 9.97 Å². The van der Waals surface area contributed by atoms with E-state index in [1.807, 2.05) is 0 Å². The number of carbonyl (C=O) groups is 1. The highest BCUT2D eigenvalue weighted by Gasteiger charge is 1.86. The second-order valence-corrected chi connectivity index (χ2v) is 2.05. The normalized spacial score (nSPS) is 10.3. The van der Waals surface area contributed by atoms with Crippen LogP contribution in [0.4, 0.5) is 0 Å². The number of allylic oxidation sites excluding steroid dienone is 1. The van der Waals surface area contributed by atoms with E-state index in [2.05, 4.69) is 9.97 Å². The Morgan fingerprint density at radius 3 is 2.64 bits per heavy atom. The Morgan fingerprint density at radius 2 is 2.09 bits per heavy atom. The molecule has 0 unspecified atom stereocenters. The second kappa shape index (κ2) is 3.61. The molecule has 0 fully saturated rings. The number of nitrogens with zero attached hydrogens (tertiary/aromatic N) is 2. The maximum atomic E-state index is 10.5. The lowest BCUT2D eigenvalue weighted by atomic mass is 10.4. The van der Waals surface area contributed by atoms with Crippen molar-refractivity contribution >= 4 is 11.9 Å². The summed E-state index contributed by atoms with van der Waals surface area (Å²) in [6.07, 6.45) is 6.29. The maximum Gasteiger partial charge on any atom is 0.152 e. The van der Waals surface area contributed by atoms with Gasteiger partial charge in [0.1, 0.15) is 0 Å². The number of hydrogen-bond acceptors (Lipinski definition) is 3. The van der Waals surface area contributed by atoms with E-state index in [0.717, 1.165) is 0 Å². The molecule has 3 heteroatoms. The van der Waals surface area contributed by atoms with Crippen LogP contribution in [0, 0.1) is 0 Å². The van der Waals surface area contributed by atoms with Gasteiger partial charge in [0.05, 0.1) is 0 Å². The molecule has 0 atom stereocenters. The average molecular weight is 148 g/mol. The molecule has 0 N–H and O–H groups in total. The first-order valence-electron chi connectivity index (χ1n) is 3.25. The van der Waals surface area contributed by atoms with Crippen LogP contribution in [0.3, 0.4) is 0 Å². The van der Waals surface area contributed by atoms with E-state index in [0.29, 0.717) is 5.82 Å². The van der Waals surface area contributed by atoms with Crippen molar-refractivity contribution in [3.8, 4) is 0 Å². The van der Waals surface area contributed by atoms with E-state index in [-0.39, 0.29) is 5.78 Å². The van der Waals surface area contributed by atoms with Gasteiger partial charge >= 0.3 is 0 Å². The lowest BCUT2D eigenvalue weighted by molar-refractivity contribution is -0.112. The van der Waals surface area contributed by atoms with Crippen LogP contribution in [0.25, 0.3) is 6.08 Å². The summed E-state index contributed by atoms with van der Waals surface area (Å²) < 4.78 is 0. The van der Waals surface area contributed by atoms with Crippen molar-refractivity contribution in [2.45, 2.75) is 6.92 Å². The summed E-state index contributed by atoms with van der Waals surface area (Å²) in [5, 5.41) is 0. The Bertz CT molecular complexity index is 267. The van der Waals surface area contributed by atoms with Crippen LogP contribution in [0.5, 0.6) is 0 Å². The molecule has 0 aliphatic rings. The predicted molar refractivity (Wildman–Crippen MR) is 41.7 cm³/mol. The van der Waals surface area contributed by atoms with Crippen LogP contribution >= 0.6 is 0 Å². The van der Waals surface area contributed by atoms with Crippen molar-refractivity contribution in [1.29, 1.82) is 0 Å². The number of aromatic nitrogens is 2. The van der Waals surface area contributed by atoms with Gasteiger partial charge in [0.2, 0.25) is 0 Å². The van der Waals surface area contributed by atoms with Crippen LogP contribution in [-0.2, 0) is 4.79 Å². The molecule has 0 aliphatic heterocycles. The summed E-state index contributed by atoms with van der Waals surface area (Å²) >= 11 is 0. The SMILES string of the molecule is CC(=O)C=Cc1ncccn1. The molecule has 56 valence electrons. The lowest BCUT2D eigenvalue weighted by Gasteiger charge is -1.86. The molecule has 1 aromatic heterocycles. The van der Waals surface area contributed by atoms with Crippen LogP contribution in [0.2, 0.25) is 0 Å². The van der Waals surface area contributed by atoms with Gasteiger partial charge in [0.25, 0.3) is 0 Å². The molecule has 11 heavy (non-hydrogen) atoms. The third kappa shape index (κ3) is 2.71. The third-order valence-corrected chi connectivity index (χ3v) is 1.05. The molecule has 3 nitrogen and oxygen atoms in total. The smallest absolute Gasteiger partial charge is 0.152 e. The van der Waals surface area contributed by atoms with E-state index >= 15 is 0 Å². The second-order valence-electron chi connectivity index (χ2n) is 2.05. The molecule has 1 aromatic rings. The minimum atomic E-state index is -0.00236. The van der Waals surface area contributed by atoms with E-state index < -0.39 is 0 Å². The molecule has 0 radical (unpaired) electrons. The number of carbonyl (C=O) groups excluding carboxylic acids is 1. The Kier molecular flexibility index (Phi) is 2.49. The Labute approximate surface area is 64.8 Å². The predicted octanol–water partition coefficient (Wildman–Crippen LogP) is 1.08. The van der Waals surface area contributed by atoms with E-state index in [1.165, 1.54) is 13.0 Å². The number of hydrogen-bond donors (Lipinski definition) is 0. The fourth-order valence-corrected chi connectivity index (χ4v) is 0.589. The fourth-order valence-electron chi connectivity index (χ4n) is 0.589. The summed E-state index contributed by atoms with van der Waals surface area (Å²) in [4.78, 5) is 18.3. The zero-order chi connectivity index (χ0) is 8.10. The van der Waals surface area contributed by atoms with E-state index in [1.54, 1.807) is 24.5 Å². The van der Waals surface area contributed by atoms with Gasteiger partial charge in [-0.05, 0) is 25.1 Å². The van der Waals surface area contributed by atoms with E-state index in [9.17, 15) is 4.79 Å². The third-order valence-electron chi connectivity index (χ3n) is 1.05. The minimum Gasteiger partial charge on any atom is -0.295 e. The monoisotopic (exact) mass is 148 g/mol. The van der Waals surface area contributed by atoms with Gasteiger partial charge < -0.3 is 0 Å². The van der Waals surface area contributed by atoms with Gasteiger partial charge in [-0.2, -0.15) is 0 Å². The lowest BCUT2D eigenvalue weighted by Crippen LogP contribution is -1.85. The Morgan fingerprint density at radius 1 is 1.45 bits per heavy atom. The van der Waals surface area contributed by atoms with Gasteiger partial charge in [0.15, 0.2) is 11.6 Å². The summed E-state index contributed by atoms with van der Waals surface area (Å²) in [7, 11) is 0. The van der Waals surface area contributed by atoms with Crippen molar-refractivity contribution < 1.29 is 4.79 Å². The van der Waals surface area contributed by atoms with Crippen molar-refractivity contribution in [3.63, 3.8) is 0 Å². The van der Waals surface area contributed by atoms with Crippen LogP contribution in [0.1, 0.15) is 12.7 Å². The van der Waals surface area contributed by atoms with Gasteiger partial charge in [-0.1, -0.05) is 0 Å². The minimum absolute atomic E-state index is 0.00236. The zero-order valence-electron chi connectivity index (χ0n) is 6.19. The highest BCUT2D eigenvalue weighted by Crippen LogP contribution is 1.90. The summed E-state index contributed by atoms with van der Waals surface area (Å²) in [5.74, 6) is 0.556. The highest BCUT2D eigenvalue weighted by molar-refractivity contribution is 5.90. The Balaban J connectivity index is 2.72. The van der Waals surface area contributed by atoms with Crippen molar-refractivity contribution in [2.24, 2.45) is 0 Å². The van der Waals surface area contributed by atoms with Crippen LogP contribution in [0.15, 0.2) is 24.5 Å². The highest BCUT2D eigenvalue weighted by atomic mass is 16.1. The molecule has 1 heterocycles. The maximum absolute atomic E-state index is 10.5. The summed E-state index contributed by atoms with van der Waals surface area (Å²) in [6.45, 7) is 1.49. The molecular formula is C8H8N2O. The van der Waals surface area contributed by atoms with Crippen LogP contribution < -0.4 is 0 Å². The summed E-state index contributed by atoms with van der Waals surface area (Å²) in [6, 6.07) is 1.73. The van der Waals surface area contributed by atoms with Gasteiger partial charge in [-0.3, -0.25) is 4.79 Å². The molecular weight excluding hydrogens is 140 g/mol. The Hall–Kier alpha value is -1.51. The molecule has 0 aliphatic carbocycles. The first-order chi connectivity index (χ1) is 5.29. The zero-order valence-corrected chi connectivity index (χ0v) is 6.19. The molecule has 0 spiro atoms. The van der Waals surface area contributed by atoms with E-state index in [4.69, 9.17) is 0 Å². The quantitative estimate of drug-likeness (QED) is 0.589. The molecule has 0 bridgehead atoms. The van der Waals surface area contributed by atoms with Crippen LogP contribution in [-0.4, -0.2) is 15.8 Å². The molecule has 0 saturated heterocycles. The molecule has 0 amide bonds. The summed E-state index contributed by atoms with van der Waals surface area (Å²) in [5.41, 5.74) is 0. The van der Waals surface area contributed by atoms with Gasteiger partial charge in [-0.15, -0.1) is 0 Å². The first kappa shape index (κ1) is 7.60. The largest absolute Gasteiger partial charge is 0.295 e. The van der Waals surface area contributed by atoms with Gasteiger partial charge in [0, 0.05) is 12.4 Å². The molecule has 0 saturated carbocycles. The van der Waals surface area contributed by atoms with Gasteiger partial charge in [-0.25, -0.2) is 9.97 Å².